The molecule has 1 aliphatic heterocycles. The summed E-state index contributed by atoms with van der Waals surface area (Å²) in [5, 5.41) is 31.2. The van der Waals surface area contributed by atoms with Gasteiger partial charge in [-0.1, -0.05) is 0 Å². The van der Waals surface area contributed by atoms with Crippen molar-refractivity contribution in [1.82, 2.24) is 5.32 Å². The average molecular weight is 455 g/mol. The third-order valence-corrected chi connectivity index (χ3v) is 3.96. The maximum atomic E-state index is 11.7. The minimum atomic E-state index is -1.11. The summed E-state index contributed by atoms with van der Waals surface area (Å²) >= 11 is 0. The minimum Gasteiger partial charge on any atom is -0.394 e. The van der Waals surface area contributed by atoms with Gasteiger partial charge in [-0.25, -0.2) is 0 Å². The van der Waals surface area contributed by atoms with Crippen LogP contribution < -0.4 is 11.1 Å². The van der Waals surface area contributed by atoms with Crippen molar-refractivity contribution in [2.24, 2.45) is 5.73 Å². The van der Waals surface area contributed by atoms with Gasteiger partial charge >= 0.3 is 0 Å². The number of hydrogen-bond acceptors (Lipinski definition) is 10. The first-order valence-corrected chi connectivity index (χ1v) is 10.2. The number of methoxy groups -OCH3 is 1. The van der Waals surface area contributed by atoms with Gasteiger partial charge in [0.25, 0.3) is 0 Å². The second-order valence-electron chi connectivity index (χ2n) is 6.80. The zero-order chi connectivity index (χ0) is 23.5. The van der Waals surface area contributed by atoms with Crippen LogP contribution in [-0.2, 0) is 33.3 Å². The van der Waals surface area contributed by atoms with E-state index < -0.39 is 24.6 Å². The van der Waals surface area contributed by atoms with Crippen LogP contribution in [-0.4, -0.2) is 105 Å². The van der Waals surface area contributed by atoms with Crippen LogP contribution in [0.3, 0.4) is 0 Å². The van der Waals surface area contributed by atoms with Crippen molar-refractivity contribution in [1.29, 1.82) is 0 Å². The van der Waals surface area contributed by atoms with Gasteiger partial charge in [0, 0.05) is 40.0 Å². The zero-order valence-electron chi connectivity index (χ0n) is 18.4. The molecule has 0 aromatic carbocycles. The Balaban J connectivity index is 0.00000206. The van der Waals surface area contributed by atoms with Crippen LogP contribution in [0.4, 0.5) is 0 Å². The van der Waals surface area contributed by atoms with Crippen molar-refractivity contribution in [2.45, 2.75) is 57.2 Å². The number of unbranched alkanes of at least 4 members (excludes halogenated alkanes) is 1. The third kappa shape index (κ3) is 16.9. The maximum absolute atomic E-state index is 11.7. The van der Waals surface area contributed by atoms with E-state index in [-0.39, 0.29) is 31.6 Å². The highest BCUT2D eigenvalue weighted by Crippen LogP contribution is 2.21. The Morgan fingerprint density at radius 3 is 2.45 bits per heavy atom. The molecule has 1 aliphatic rings. The highest BCUT2D eigenvalue weighted by atomic mass is 16.7. The molecular formula is C19H38N2O10. The normalized spacial score (nSPS) is 23.0. The number of ether oxygens (including phenoxy) is 5. The molecule has 6 N–H and O–H groups in total. The molecule has 1 rings (SSSR count). The van der Waals surface area contributed by atoms with Gasteiger partial charge in [0.05, 0.1) is 32.5 Å². The molecule has 1 saturated heterocycles. The molecule has 12 nitrogen and oxygen atoms in total. The van der Waals surface area contributed by atoms with E-state index in [1.54, 1.807) is 7.11 Å². The molecule has 0 bridgehead atoms. The molecule has 0 saturated carbocycles. The Morgan fingerprint density at radius 1 is 1.13 bits per heavy atom. The predicted molar refractivity (Wildman–Crippen MR) is 109 cm³/mol. The first-order chi connectivity index (χ1) is 14.8. The van der Waals surface area contributed by atoms with Crippen molar-refractivity contribution in [2.75, 3.05) is 53.5 Å². The summed E-state index contributed by atoms with van der Waals surface area (Å²) in [5.41, 5.74) is 4.47. The lowest BCUT2D eigenvalue weighted by Crippen LogP contribution is -2.50. The Hall–Kier alpha value is -1.38. The number of hydrogen-bond donors (Lipinski definition) is 5. The van der Waals surface area contributed by atoms with Gasteiger partial charge in [-0.3, -0.25) is 9.59 Å². The molecule has 4 unspecified atom stereocenters. The number of aliphatic hydroxyl groups is 3. The molecule has 184 valence electrons. The van der Waals surface area contributed by atoms with E-state index in [1.807, 2.05) is 0 Å². The summed E-state index contributed by atoms with van der Waals surface area (Å²) in [7, 11) is 1.55. The van der Waals surface area contributed by atoms with Crippen molar-refractivity contribution < 1.29 is 48.6 Å². The highest BCUT2D eigenvalue weighted by Gasteiger charge is 2.36. The number of primary amides is 1. The van der Waals surface area contributed by atoms with E-state index in [0.717, 1.165) is 0 Å². The Kier molecular flexibility index (Phi) is 18.5. The predicted octanol–water partition coefficient (Wildman–Crippen LogP) is -1.75. The minimum absolute atomic E-state index is 0.0537. The first kappa shape index (κ1) is 29.6. The summed E-state index contributed by atoms with van der Waals surface area (Å²) in [6.45, 7) is 3.28. The van der Waals surface area contributed by atoms with Gasteiger partial charge in [-0.05, 0) is 12.8 Å². The largest absolute Gasteiger partial charge is 0.394 e. The molecule has 0 spiro atoms. The smallest absolute Gasteiger partial charge is 0.220 e. The monoisotopic (exact) mass is 454 g/mol. The molecule has 0 aromatic rings. The molecule has 0 radical (unpaired) electrons. The Morgan fingerprint density at radius 2 is 1.81 bits per heavy atom. The molecule has 12 heteroatoms. The fourth-order valence-corrected chi connectivity index (χ4v) is 2.49. The SMILES string of the molecule is CC(N)=O.COCOCCOCCNC(=O)CCCCOC1CC(O)C(O)C(CO)O1. The lowest BCUT2D eigenvalue weighted by atomic mass is 10.0. The topological polar surface area (TPSA) is 179 Å². The second-order valence-corrected chi connectivity index (χ2v) is 6.80. The van der Waals surface area contributed by atoms with Gasteiger partial charge < -0.3 is 50.1 Å². The van der Waals surface area contributed by atoms with E-state index in [2.05, 4.69) is 11.1 Å². The van der Waals surface area contributed by atoms with Crippen molar-refractivity contribution >= 4 is 11.8 Å². The average Bonchev–Trinajstić information content (AvgIpc) is 2.71. The van der Waals surface area contributed by atoms with Crippen molar-refractivity contribution in [3.8, 4) is 0 Å². The number of aliphatic hydroxyl groups excluding tert-OH is 3. The Labute approximate surface area is 182 Å². The number of nitrogens with two attached hydrogens (primary N) is 1. The lowest BCUT2D eigenvalue weighted by molar-refractivity contribution is -0.256. The van der Waals surface area contributed by atoms with Crippen LogP contribution in [0.5, 0.6) is 0 Å². The maximum Gasteiger partial charge on any atom is 0.220 e. The number of carbonyl (C=O) groups excluding carboxylic acids is 2. The molecule has 1 fully saturated rings. The standard InChI is InChI=1S/C17H33NO9.C2H5NO/c1-23-12-25-9-8-24-7-5-18-15(21)4-2-3-6-26-16-10-13(20)17(22)14(11-19)27-16;1-2(3)4/h13-14,16-17,19-20,22H,2-12H2,1H3,(H,18,21);1H3,(H2,3,4). The van der Waals surface area contributed by atoms with E-state index in [1.165, 1.54) is 6.92 Å². The molecule has 31 heavy (non-hydrogen) atoms. The first-order valence-electron chi connectivity index (χ1n) is 10.2. The Bertz CT molecular complexity index is 465. The molecular weight excluding hydrogens is 416 g/mol. The van der Waals surface area contributed by atoms with Crippen LogP contribution >= 0.6 is 0 Å². The van der Waals surface area contributed by atoms with Gasteiger partial charge in [0.1, 0.15) is 19.0 Å². The van der Waals surface area contributed by atoms with Crippen LogP contribution in [0.1, 0.15) is 32.6 Å². The third-order valence-electron chi connectivity index (χ3n) is 3.96. The zero-order valence-corrected chi connectivity index (χ0v) is 18.4. The van der Waals surface area contributed by atoms with Gasteiger partial charge in [0.15, 0.2) is 6.29 Å². The summed E-state index contributed by atoms with van der Waals surface area (Å²) in [6, 6.07) is 0. The number of rotatable bonds is 15. The fraction of sp³-hybridized carbons (Fsp3) is 0.895. The van der Waals surface area contributed by atoms with Gasteiger partial charge in [-0.15, -0.1) is 0 Å². The summed E-state index contributed by atoms with van der Waals surface area (Å²) in [6.07, 6.45) is -1.78. The second kappa shape index (κ2) is 19.3. The lowest BCUT2D eigenvalue weighted by Gasteiger charge is -2.36. The summed E-state index contributed by atoms with van der Waals surface area (Å²) in [4.78, 5) is 20.9. The molecule has 0 aliphatic carbocycles. The highest BCUT2D eigenvalue weighted by molar-refractivity contribution is 5.75. The van der Waals surface area contributed by atoms with Crippen LogP contribution in [0.15, 0.2) is 0 Å². The van der Waals surface area contributed by atoms with Gasteiger partial charge in [-0.2, -0.15) is 0 Å². The molecule has 2 amide bonds. The summed E-state index contributed by atoms with van der Waals surface area (Å²) in [5.74, 6) is -0.387. The van der Waals surface area contributed by atoms with E-state index in [4.69, 9.17) is 28.8 Å². The van der Waals surface area contributed by atoms with Crippen molar-refractivity contribution in [3.05, 3.63) is 0 Å². The molecule has 1 heterocycles. The van der Waals surface area contributed by atoms with Crippen LogP contribution in [0.2, 0.25) is 0 Å². The van der Waals surface area contributed by atoms with E-state index >= 15 is 0 Å². The van der Waals surface area contributed by atoms with Crippen molar-refractivity contribution in [3.63, 3.8) is 0 Å². The molecule has 4 atom stereocenters. The van der Waals surface area contributed by atoms with Gasteiger partial charge in [0.2, 0.25) is 11.8 Å². The van der Waals surface area contributed by atoms with E-state index in [9.17, 15) is 19.8 Å². The number of carbonyl (C=O) groups is 2. The van der Waals surface area contributed by atoms with E-state index in [0.29, 0.717) is 52.2 Å². The number of amides is 2. The fourth-order valence-electron chi connectivity index (χ4n) is 2.49. The quantitative estimate of drug-likeness (QED) is 0.141. The van der Waals surface area contributed by atoms with Crippen LogP contribution in [0, 0.1) is 0 Å². The molecule has 0 aromatic heterocycles. The summed E-state index contributed by atoms with van der Waals surface area (Å²) < 4.78 is 25.9. The number of nitrogens with one attached hydrogen (secondary N) is 1. The van der Waals surface area contributed by atoms with Crippen LogP contribution in [0.25, 0.3) is 0 Å².